The van der Waals surface area contributed by atoms with Crippen LogP contribution in [0.2, 0.25) is 0 Å². The van der Waals surface area contributed by atoms with Crippen molar-refractivity contribution in [3.05, 3.63) is 23.8 Å². The van der Waals surface area contributed by atoms with Gasteiger partial charge in [0.2, 0.25) is 0 Å². The number of carbonyl (C=O) groups excluding carboxylic acids is 1. The van der Waals surface area contributed by atoms with Crippen molar-refractivity contribution in [1.29, 1.82) is 0 Å². The first kappa shape index (κ1) is 13.8. The van der Waals surface area contributed by atoms with Gasteiger partial charge in [-0.15, -0.1) is 0 Å². The fraction of sp³-hybridized carbons (Fsp3) is 0.500. The van der Waals surface area contributed by atoms with E-state index in [-0.39, 0.29) is 17.5 Å². The third-order valence-corrected chi connectivity index (χ3v) is 3.42. The van der Waals surface area contributed by atoms with Gasteiger partial charge in [-0.05, 0) is 24.6 Å². The van der Waals surface area contributed by atoms with Crippen molar-refractivity contribution in [2.75, 3.05) is 26.2 Å². The van der Waals surface area contributed by atoms with E-state index < -0.39 is 5.97 Å². The number of carbonyl (C=O) groups is 1. The molecule has 1 atom stereocenters. The lowest BCUT2D eigenvalue weighted by Gasteiger charge is -2.33. The van der Waals surface area contributed by atoms with Gasteiger partial charge in [-0.25, -0.2) is 0 Å². The Kier molecular flexibility index (Phi) is 4.39. The Morgan fingerprint density at radius 3 is 2.68 bits per heavy atom. The third kappa shape index (κ3) is 3.45. The quantitative estimate of drug-likeness (QED) is 0.636. The lowest BCUT2D eigenvalue weighted by atomic mass is 10.1. The molecule has 1 aliphatic heterocycles. The van der Waals surface area contributed by atoms with Crippen molar-refractivity contribution in [2.45, 2.75) is 19.9 Å². The SMILES string of the molecule is CC(=O)Oc1ccc([C@@H](C)N2CCNCC2)cc1O. The number of nitrogens with zero attached hydrogens (tertiary/aromatic N) is 1. The molecule has 0 spiro atoms. The number of phenolic OH excluding ortho intramolecular Hbond substituents is 1. The van der Waals surface area contributed by atoms with Crippen molar-refractivity contribution in [1.82, 2.24) is 10.2 Å². The van der Waals surface area contributed by atoms with E-state index in [2.05, 4.69) is 17.1 Å². The van der Waals surface area contributed by atoms with E-state index in [1.54, 1.807) is 12.1 Å². The molecule has 104 valence electrons. The standard InChI is InChI=1S/C14H20N2O3/c1-10(16-7-5-15-6-8-16)12-3-4-14(13(18)9-12)19-11(2)17/h3-4,9-10,15,18H,5-8H2,1-2H3/t10-/m1/s1. The molecule has 5 nitrogen and oxygen atoms in total. The van der Waals surface area contributed by atoms with Crippen LogP contribution >= 0.6 is 0 Å². The maximum Gasteiger partial charge on any atom is 0.308 e. The zero-order valence-corrected chi connectivity index (χ0v) is 11.3. The number of piperazine rings is 1. The molecule has 2 rings (SSSR count). The average molecular weight is 264 g/mol. The number of phenols is 1. The first-order valence-corrected chi connectivity index (χ1v) is 6.54. The molecule has 5 heteroatoms. The molecule has 1 aliphatic rings. The van der Waals surface area contributed by atoms with Crippen LogP contribution in [0.4, 0.5) is 0 Å². The second kappa shape index (κ2) is 6.04. The van der Waals surface area contributed by atoms with Gasteiger partial charge in [0.1, 0.15) is 0 Å². The highest BCUT2D eigenvalue weighted by molar-refractivity contribution is 5.70. The van der Waals surface area contributed by atoms with Gasteiger partial charge < -0.3 is 15.2 Å². The second-order valence-electron chi connectivity index (χ2n) is 4.78. The molecule has 1 aromatic carbocycles. The highest BCUT2D eigenvalue weighted by atomic mass is 16.5. The largest absolute Gasteiger partial charge is 0.504 e. The zero-order chi connectivity index (χ0) is 13.8. The summed E-state index contributed by atoms with van der Waals surface area (Å²) in [6.45, 7) is 7.40. The Hall–Kier alpha value is -1.59. The topological polar surface area (TPSA) is 61.8 Å². The van der Waals surface area contributed by atoms with E-state index in [0.717, 1.165) is 31.7 Å². The minimum atomic E-state index is -0.432. The van der Waals surface area contributed by atoms with Gasteiger partial charge >= 0.3 is 5.97 Å². The van der Waals surface area contributed by atoms with Crippen LogP contribution in [0.3, 0.4) is 0 Å². The highest BCUT2D eigenvalue weighted by Gasteiger charge is 2.19. The van der Waals surface area contributed by atoms with Gasteiger partial charge in [0.15, 0.2) is 11.5 Å². The lowest BCUT2D eigenvalue weighted by Crippen LogP contribution is -2.44. The van der Waals surface area contributed by atoms with Gasteiger partial charge in [0.05, 0.1) is 0 Å². The lowest BCUT2D eigenvalue weighted by molar-refractivity contribution is -0.132. The summed E-state index contributed by atoms with van der Waals surface area (Å²) < 4.78 is 4.91. The van der Waals surface area contributed by atoms with Crippen LogP contribution < -0.4 is 10.1 Å². The summed E-state index contributed by atoms with van der Waals surface area (Å²) in [7, 11) is 0. The fourth-order valence-corrected chi connectivity index (χ4v) is 2.32. The summed E-state index contributed by atoms with van der Waals surface area (Å²) in [5.74, 6) is -0.211. The molecule has 0 amide bonds. The molecule has 1 heterocycles. The van der Waals surface area contributed by atoms with E-state index in [9.17, 15) is 9.90 Å². The molecule has 19 heavy (non-hydrogen) atoms. The van der Waals surface area contributed by atoms with Crippen molar-refractivity contribution < 1.29 is 14.6 Å². The number of hydrogen-bond donors (Lipinski definition) is 2. The van der Waals surface area contributed by atoms with E-state index in [1.807, 2.05) is 6.07 Å². The molecule has 1 fully saturated rings. The normalized spacial score (nSPS) is 18.0. The van der Waals surface area contributed by atoms with Crippen LogP contribution in [0.25, 0.3) is 0 Å². The number of nitrogens with one attached hydrogen (secondary N) is 1. The number of ether oxygens (including phenoxy) is 1. The zero-order valence-electron chi connectivity index (χ0n) is 11.3. The maximum atomic E-state index is 10.9. The molecular formula is C14H20N2O3. The van der Waals surface area contributed by atoms with Crippen LogP contribution in [-0.2, 0) is 4.79 Å². The molecule has 0 radical (unpaired) electrons. The first-order chi connectivity index (χ1) is 9.08. The summed E-state index contributed by atoms with van der Waals surface area (Å²) in [6, 6.07) is 5.44. The van der Waals surface area contributed by atoms with Crippen molar-refractivity contribution >= 4 is 5.97 Å². The van der Waals surface area contributed by atoms with Crippen molar-refractivity contribution in [3.8, 4) is 11.5 Å². The monoisotopic (exact) mass is 264 g/mol. The maximum absolute atomic E-state index is 10.9. The summed E-state index contributed by atoms with van der Waals surface area (Å²) in [5.41, 5.74) is 1.02. The van der Waals surface area contributed by atoms with Gasteiger partial charge in [-0.1, -0.05) is 6.07 Å². The third-order valence-electron chi connectivity index (χ3n) is 3.42. The average Bonchev–Trinajstić information content (AvgIpc) is 2.41. The number of rotatable bonds is 3. The molecule has 0 aliphatic carbocycles. The number of hydrogen-bond acceptors (Lipinski definition) is 5. The Morgan fingerprint density at radius 2 is 2.11 bits per heavy atom. The van der Waals surface area contributed by atoms with Gasteiger partial charge in [-0.3, -0.25) is 9.69 Å². The van der Waals surface area contributed by atoms with E-state index in [4.69, 9.17) is 4.74 Å². The molecule has 1 aromatic rings. The fourth-order valence-electron chi connectivity index (χ4n) is 2.32. The Labute approximate surface area is 113 Å². The van der Waals surface area contributed by atoms with Gasteiger partial charge in [0.25, 0.3) is 0 Å². The van der Waals surface area contributed by atoms with E-state index in [0.29, 0.717) is 0 Å². The minimum Gasteiger partial charge on any atom is -0.504 e. The molecule has 1 saturated heterocycles. The van der Waals surface area contributed by atoms with Crippen molar-refractivity contribution in [3.63, 3.8) is 0 Å². The predicted octanol–water partition coefficient (Wildman–Crippen LogP) is 1.28. The number of esters is 1. The number of aromatic hydroxyl groups is 1. The van der Waals surface area contributed by atoms with Crippen LogP contribution in [0.15, 0.2) is 18.2 Å². The molecule has 2 N–H and O–H groups in total. The van der Waals surface area contributed by atoms with Crippen LogP contribution in [0.1, 0.15) is 25.5 Å². The predicted molar refractivity (Wildman–Crippen MR) is 72.3 cm³/mol. The highest BCUT2D eigenvalue weighted by Crippen LogP contribution is 2.31. The number of benzene rings is 1. The summed E-state index contributed by atoms with van der Waals surface area (Å²) in [6.07, 6.45) is 0. The van der Waals surface area contributed by atoms with Crippen LogP contribution in [0.5, 0.6) is 11.5 Å². The molecule has 0 bridgehead atoms. The Morgan fingerprint density at radius 1 is 1.42 bits per heavy atom. The minimum absolute atomic E-state index is 0.00897. The van der Waals surface area contributed by atoms with Crippen LogP contribution in [-0.4, -0.2) is 42.2 Å². The Balaban J connectivity index is 2.11. The summed E-state index contributed by atoms with van der Waals surface area (Å²) in [5, 5.41) is 13.2. The molecule has 0 unspecified atom stereocenters. The first-order valence-electron chi connectivity index (χ1n) is 6.54. The smallest absolute Gasteiger partial charge is 0.308 e. The van der Waals surface area contributed by atoms with Crippen LogP contribution in [0, 0.1) is 0 Å². The summed E-state index contributed by atoms with van der Waals surface area (Å²) >= 11 is 0. The van der Waals surface area contributed by atoms with Crippen molar-refractivity contribution in [2.24, 2.45) is 0 Å². The van der Waals surface area contributed by atoms with E-state index in [1.165, 1.54) is 6.92 Å². The Bertz CT molecular complexity index is 456. The molecule has 0 aromatic heterocycles. The molecular weight excluding hydrogens is 244 g/mol. The summed E-state index contributed by atoms with van der Waals surface area (Å²) in [4.78, 5) is 13.2. The van der Waals surface area contributed by atoms with Gasteiger partial charge in [0, 0.05) is 39.1 Å². The van der Waals surface area contributed by atoms with Gasteiger partial charge in [-0.2, -0.15) is 0 Å². The molecule has 0 saturated carbocycles. The van der Waals surface area contributed by atoms with E-state index >= 15 is 0 Å². The second-order valence-corrected chi connectivity index (χ2v) is 4.78.